The summed E-state index contributed by atoms with van der Waals surface area (Å²) in [5.41, 5.74) is 1.05. The van der Waals surface area contributed by atoms with Crippen LogP contribution < -0.4 is 0 Å². The van der Waals surface area contributed by atoms with E-state index in [1.54, 1.807) is 0 Å². The standard InChI is InChI=1S/C9H8N.3C4H9.Sn/c1-2-8-10-9-6-4-3-5-7-9;3*1-3-4-2;/h1-8H;3*1,3-4H2,2H3;. The number of rotatable bonds is 12. The van der Waals surface area contributed by atoms with Gasteiger partial charge in [0.15, 0.2) is 0 Å². The number of para-hydroxylation sites is 1. The van der Waals surface area contributed by atoms with Crippen LogP contribution in [0.4, 0.5) is 5.69 Å². The molecule has 0 aromatic heterocycles. The summed E-state index contributed by atoms with van der Waals surface area (Å²) < 4.78 is 7.25. The molecule has 23 heavy (non-hydrogen) atoms. The Labute approximate surface area is 148 Å². The van der Waals surface area contributed by atoms with Gasteiger partial charge in [-0.2, -0.15) is 0 Å². The van der Waals surface area contributed by atoms with Crippen LogP contribution in [-0.2, 0) is 0 Å². The molecule has 0 aliphatic carbocycles. The molecule has 0 N–H and O–H groups in total. The van der Waals surface area contributed by atoms with Crippen LogP contribution in [-0.4, -0.2) is 24.6 Å². The fraction of sp³-hybridized carbons (Fsp3) is 0.571. The maximum atomic E-state index is 4.57. The summed E-state index contributed by atoms with van der Waals surface area (Å²) in [4.78, 5) is 4.57. The molecule has 0 spiro atoms. The molecule has 0 radical (unpaired) electrons. The van der Waals surface area contributed by atoms with Crippen molar-refractivity contribution in [2.75, 3.05) is 0 Å². The first-order chi connectivity index (χ1) is 11.3. The van der Waals surface area contributed by atoms with Crippen molar-refractivity contribution in [3.05, 3.63) is 40.5 Å². The van der Waals surface area contributed by atoms with E-state index in [2.05, 4.69) is 48.1 Å². The van der Waals surface area contributed by atoms with Crippen LogP contribution in [0.15, 0.2) is 45.5 Å². The van der Waals surface area contributed by atoms with Gasteiger partial charge in [0.05, 0.1) is 0 Å². The molecule has 0 atom stereocenters. The van der Waals surface area contributed by atoms with Gasteiger partial charge in [0, 0.05) is 0 Å². The van der Waals surface area contributed by atoms with E-state index in [0.29, 0.717) is 0 Å². The zero-order chi connectivity index (χ0) is 16.8. The normalized spacial score (nSPS) is 12.5. The summed E-state index contributed by atoms with van der Waals surface area (Å²) in [6, 6.07) is 10.3. The fourth-order valence-electron chi connectivity index (χ4n) is 3.10. The zero-order valence-electron chi connectivity index (χ0n) is 15.4. The molecule has 1 nitrogen and oxygen atoms in total. The predicted octanol–water partition coefficient (Wildman–Crippen LogP) is 7.33. The van der Waals surface area contributed by atoms with Crippen molar-refractivity contribution in [1.82, 2.24) is 0 Å². The molecular weight excluding hydrogens is 385 g/mol. The Balaban J connectivity index is 2.78. The van der Waals surface area contributed by atoms with Crippen LogP contribution in [0.3, 0.4) is 0 Å². The molecule has 0 saturated heterocycles. The van der Waals surface area contributed by atoms with Gasteiger partial charge >= 0.3 is 148 Å². The molecule has 0 amide bonds. The van der Waals surface area contributed by atoms with E-state index in [-0.39, 0.29) is 0 Å². The molecule has 2 heteroatoms. The second-order valence-electron chi connectivity index (χ2n) is 6.65. The molecule has 0 bridgehead atoms. The third kappa shape index (κ3) is 8.74. The molecule has 0 unspecified atom stereocenters. The number of aliphatic imine (C=N–C) groups is 1. The Morgan fingerprint density at radius 3 is 1.83 bits per heavy atom. The van der Waals surface area contributed by atoms with Crippen molar-refractivity contribution in [3.63, 3.8) is 0 Å². The number of hydrogen-bond donors (Lipinski definition) is 0. The van der Waals surface area contributed by atoms with E-state index < -0.39 is 18.4 Å². The van der Waals surface area contributed by atoms with Gasteiger partial charge in [-0.3, -0.25) is 0 Å². The monoisotopic (exact) mass is 421 g/mol. The zero-order valence-corrected chi connectivity index (χ0v) is 18.3. The van der Waals surface area contributed by atoms with E-state index in [9.17, 15) is 0 Å². The Morgan fingerprint density at radius 1 is 0.826 bits per heavy atom. The van der Waals surface area contributed by atoms with Gasteiger partial charge in [-0.05, 0) is 0 Å². The summed E-state index contributed by atoms with van der Waals surface area (Å²) in [6.45, 7) is 6.99. The number of hydrogen-bond acceptors (Lipinski definition) is 1. The van der Waals surface area contributed by atoms with Gasteiger partial charge in [0.1, 0.15) is 0 Å². The van der Waals surface area contributed by atoms with Crippen LogP contribution in [0.25, 0.3) is 0 Å². The quantitative estimate of drug-likeness (QED) is 0.248. The molecular formula is C21H35NSn. The van der Waals surface area contributed by atoms with E-state index in [1.807, 2.05) is 24.4 Å². The van der Waals surface area contributed by atoms with Crippen molar-refractivity contribution >= 4 is 30.3 Å². The second-order valence-corrected chi connectivity index (χ2v) is 19.7. The number of nitrogens with zero attached hydrogens (tertiary/aromatic N) is 1. The Kier molecular flexibility index (Phi) is 11.4. The second kappa shape index (κ2) is 12.8. The van der Waals surface area contributed by atoms with Gasteiger partial charge in [-0.25, -0.2) is 0 Å². The van der Waals surface area contributed by atoms with Crippen LogP contribution in [0.1, 0.15) is 59.3 Å². The molecule has 1 rings (SSSR count). The van der Waals surface area contributed by atoms with Crippen LogP contribution >= 0.6 is 0 Å². The Hall–Kier alpha value is -0.571. The van der Waals surface area contributed by atoms with Crippen molar-refractivity contribution in [2.24, 2.45) is 4.99 Å². The first kappa shape index (κ1) is 20.5. The molecule has 0 heterocycles. The Bertz CT molecular complexity index is 428. The van der Waals surface area contributed by atoms with Crippen molar-refractivity contribution in [3.8, 4) is 0 Å². The third-order valence-corrected chi connectivity index (χ3v) is 18.7. The minimum atomic E-state index is -2.11. The molecule has 0 saturated carbocycles. The maximum absolute atomic E-state index is 4.57. The third-order valence-electron chi connectivity index (χ3n) is 4.60. The van der Waals surface area contributed by atoms with E-state index >= 15 is 0 Å². The molecule has 0 fully saturated rings. The van der Waals surface area contributed by atoms with Gasteiger partial charge in [-0.1, -0.05) is 0 Å². The molecule has 128 valence electrons. The first-order valence-corrected chi connectivity index (χ1v) is 17.2. The number of benzene rings is 1. The van der Waals surface area contributed by atoms with Crippen LogP contribution in [0.2, 0.25) is 13.3 Å². The predicted molar refractivity (Wildman–Crippen MR) is 109 cm³/mol. The van der Waals surface area contributed by atoms with Crippen molar-refractivity contribution in [2.45, 2.75) is 72.6 Å². The van der Waals surface area contributed by atoms with Gasteiger partial charge in [0.25, 0.3) is 0 Å². The van der Waals surface area contributed by atoms with Gasteiger partial charge < -0.3 is 0 Å². The van der Waals surface area contributed by atoms with E-state index in [1.165, 1.54) is 51.8 Å². The Morgan fingerprint density at radius 2 is 1.35 bits per heavy atom. The number of allylic oxidation sites excluding steroid dienone is 1. The first-order valence-electron chi connectivity index (χ1n) is 9.53. The molecule has 1 aromatic rings. The van der Waals surface area contributed by atoms with Crippen LogP contribution in [0, 0.1) is 0 Å². The summed E-state index contributed by atoms with van der Waals surface area (Å²) in [5.74, 6) is 0. The molecule has 0 aliphatic rings. The van der Waals surface area contributed by atoms with Crippen molar-refractivity contribution < 1.29 is 0 Å². The number of unbranched alkanes of at least 4 members (excludes halogenated alkanes) is 3. The van der Waals surface area contributed by atoms with Crippen LogP contribution in [0.5, 0.6) is 0 Å². The summed E-state index contributed by atoms with van der Waals surface area (Å²) in [6.07, 6.45) is 12.6. The summed E-state index contributed by atoms with van der Waals surface area (Å²) in [7, 11) is 0. The van der Waals surface area contributed by atoms with E-state index in [4.69, 9.17) is 0 Å². The summed E-state index contributed by atoms with van der Waals surface area (Å²) in [5, 5.41) is 0. The van der Waals surface area contributed by atoms with Gasteiger partial charge in [0.2, 0.25) is 0 Å². The fourth-order valence-corrected chi connectivity index (χ4v) is 17.1. The summed E-state index contributed by atoms with van der Waals surface area (Å²) >= 11 is -2.11. The van der Waals surface area contributed by atoms with Crippen molar-refractivity contribution in [1.29, 1.82) is 0 Å². The van der Waals surface area contributed by atoms with E-state index in [0.717, 1.165) is 5.69 Å². The average Bonchev–Trinajstić information content (AvgIpc) is 2.60. The topological polar surface area (TPSA) is 12.4 Å². The minimum absolute atomic E-state index is 1.05. The average molecular weight is 420 g/mol. The van der Waals surface area contributed by atoms with Gasteiger partial charge in [-0.15, -0.1) is 0 Å². The molecule has 1 aromatic carbocycles. The SMILES string of the molecule is CCC[CH2][Sn](/[CH]=C/C=Nc1ccccc1)([CH2]CCC)[CH2]CCC. The molecule has 0 aliphatic heterocycles.